The molecule has 0 aromatic heterocycles. The van der Waals surface area contributed by atoms with Crippen molar-refractivity contribution in [2.75, 3.05) is 39.8 Å². The summed E-state index contributed by atoms with van der Waals surface area (Å²) in [6.07, 6.45) is 4.06. The third-order valence-electron chi connectivity index (χ3n) is 6.58. The van der Waals surface area contributed by atoms with Crippen LogP contribution in [0, 0.1) is 22.7 Å². The number of nitrogens with zero attached hydrogens (tertiary/aromatic N) is 4. The van der Waals surface area contributed by atoms with Gasteiger partial charge in [0, 0.05) is 19.3 Å². The van der Waals surface area contributed by atoms with Gasteiger partial charge >= 0.3 is 0 Å². The highest BCUT2D eigenvalue weighted by Crippen LogP contribution is 2.37. The van der Waals surface area contributed by atoms with Crippen LogP contribution in [0.1, 0.15) is 53.9 Å². The van der Waals surface area contributed by atoms with Gasteiger partial charge in [-0.2, -0.15) is 0 Å². The Hall–Kier alpha value is -0.800. The first kappa shape index (κ1) is 17.0. The van der Waals surface area contributed by atoms with E-state index in [1.807, 2.05) is 0 Å². The SMILES string of the molecule is C[N+]1=[N+](C2CC2)CC(C(C)(C)CC[N+]2=NCC(C(C)(C)C)C2)C1. The van der Waals surface area contributed by atoms with Crippen molar-refractivity contribution in [3.05, 3.63) is 0 Å². The molecule has 0 N–H and O–H groups in total. The van der Waals surface area contributed by atoms with Crippen LogP contribution in [0.15, 0.2) is 5.11 Å². The van der Waals surface area contributed by atoms with E-state index in [4.69, 9.17) is 5.11 Å². The van der Waals surface area contributed by atoms with Gasteiger partial charge in [-0.1, -0.05) is 34.6 Å². The van der Waals surface area contributed by atoms with Crippen LogP contribution in [0.25, 0.3) is 0 Å². The predicted octanol–water partition coefficient (Wildman–Crippen LogP) is 3.44. The van der Waals surface area contributed by atoms with E-state index in [1.54, 1.807) is 0 Å². The van der Waals surface area contributed by atoms with E-state index in [9.17, 15) is 0 Å². The maximum absolute atomic E-state index is 4.79. The van der Waals surface area contributed by atoms with Crippen LogP contribution in [0.5, 0.6) is 0 Å². The largest absolute Gasteiger partial charge is 0.213 e. The summed E-state index contributed by atoms with van der Waals surface area (Å²) in [7, 11) is 2.28. The van der Waals surface area contributed by atoms with Gasteiger partial charge in [-0.25, -0.2) is 0 Å². The lowest BCUT2D eigenvalue weighted by Gasteiger charge is -2.26. The van der Waals surface area contributed by atoms with Crippen LogP contribution in [-0.2, 0) is 0 Å². The van der Waals surface area contributed by atoms with Crippen molar-refractivity contribution < 1.29 is 14.1 Å². The minimum absolute atomic E-state index is 0.382. The molecule has 0 amide bonds. The molecule has 23 heavy (non-hydrogen) atoms. The molecular weight excluding hydrogens is 284 g/mol. The lowest BCUT2D eigenvalue weighted by atomic mass is 9.76. The van der Waals surface area contributed by atoms with E-state index in [1.165, 1.54) is 32.4 Å². The molecule has 4 nitrogen and oxygen atoms in total. The van der Waals surface area contributed by atoms with Crippen LogP contribution in [0.4, 0.5) is 0 Å². The Bertz CT molecular complexity index is 520. The molecule has 0 bridgehead atoms. The van der Waals surface area contributed by atoms with Crippen LogP contribution in [0.3, 0.4) is 0 Å². The summed E-state index contributed by atoms with van der Waals surface area (Å²) in [6, 6.07) is 0.849. The first-order chi connectivity index (χ1) is 10.7. The van der Waals surface area contributed by atoms with Gasteiger partial charge in [-0.15, -0.1) is 4.70 Å². The van der Waals surface area contributed by atoms with Crippen LogP contribution < -0.4 is 0 Å². The third-order valence-corrected chi connectivity index (χ3v) is 6.58. The molecule has 3 aliphatic rings. The smallest absolute Gasteiger partial charge is 0.127 e. The van der Waals surface area contributed by atoms with Gasteiger partial charge in [-0.3, -0.25) is 0 Å². The fraction of sp³-hybridized carbons (Fsp3) is 1.00. The molecule has 4 heteroatoms. The summed E-state index contributed by atoms with van der Waals surface area (Å²) >= 11 is 0. The van der Waals surface area contributed by atoms with Gasteiger partial charge in [-0.05, 0) is 25.3 Å². The van der Waals surface area contributed by atoms with Crippen molar-refractivity contribution in [1.29, 1.82) is 0 Å². The second-order valence-corrected chi connectivity index (χ2v) is 9.93. The van der Waals surface area contributed by atoms with Crippen LogP contribution >= 0.6 is 0 Å². The molecule has 0 aromatic rings. The van der Waals surface area contributed by atoms with Gasteiger partial charge in [0.2, 0.25) is 19.1 Å². The molecule has 1 aliphatic carbocycles. The third kappa shape index (κ3) is 3.83. The highest BCUT2D eigenvalue weighted by atomic mass is 15.4. The fourth-order valence-electron chi connectivity index (χ4n) is 4.06. The summed E-state index contributed by atoms with van der Waals surface area (Å²) in [6.45, 7) is 17.8. The second kappa shape index (κ2) is 5.93. The number of hydrogen-bond acceptors (Lipinski definition) is 1. The molecule has 2 unspecified atom stereocenters. The first-order valence-electron chi connectivity index (χ1n) is 9.57. The van der Waals surface area contributed by atoms with Crippen molar-refractivity contribution in [1.82, 2.24) is 0 Å². The van der Waals surface area contributed by atoms with E-state index in [0.29, 0.717) is 16.7 Å². The van der Waals surface area contributed by atoms with Gasteiger partial charge < -0.3 is 0 Å². The molecule has 2 aliphatic heterocycles. The van der Waals surface area contributed by atoms with Gasteiger partial charge in [0.25, 0.3) is 0 Å². The average molecular weight is 322 g/mol. The Morgan fingerprint density at radius 3 is 2.22 bits per heavy atom. The summed E-state index contributed by atoms with van der Waals surface area (Å²) in [5.74, 6) is 1.50. The van der Waals surface area contributed by atoms with Crippen molar-refractivity contribution in [2.24, 2.45) is 27.8 Å². The molecule has 2 heterocycles. The van der Waals surface area contributed by atoms with Gasteiger partial charge in [0.15, 0.2) is 20.1 Å². The summed E-state index contributed by atoms with van der Waals surface area (Å²) in [5.41, 5.74) is 0.778. The number of azo groups is 6. The first-order valence-corrected chi connectivity index (χ1v) is 9.57. The highest BCUT2D eigenvalue weighted by molar-refractivity contribution is 4.81. The molecule has 0 radical (unpaired) electrons. The van der Waals surface area contributed by atoms with E-state index in [2.05, 4.69) is 55.8 Å². The van der Waals surface area contributed by atoms with E-state index < -0.39 is 0 Å². The lowest BCUT2D eigenvalue weighted by Crippen LogP contribution is -2.33. The minimum Gasteiger partial charge on any atom is -0.127 e. The molecule has 2 atom stereocenters. The second-order valence-electron chi connectivity index (χ2n) is 9.93. The molecule has 1 saturated carbocycles. The predicted molar refractivity (Wildman–Crippen MR) is 91.3 cm³/mol. The molecular formula is C19H37N4+3. The standard InChI is InChI=1S/C19H37N4/c1-18(2,3)15-11-20-22(13-15)10-9-19(4,5)16-12-21(6)23(14-16)17-7-8-17/h15-17H,7-14H2,1-6H3/q+3. The van der Waals surface area contributed by atoms with E-state index in [-0.39, 0.29) is 0 Å². The number of rotatable bonds is 5. The van der Waals surface area contributed by atoms with Crippen molar-refractivity contribution in [3.8, 4) is 0 Å². The molecule has 130 valence electrons. The lowest BCUT2D eigenvalue weighted by molar-refractivity contribution is -0.998. The Morgan fingerprint density at radius 1 is 0.957 bits per heavy atom. The fourth-order valence-corrected chi connectivity index (χ4v) is 4.06. The van der Waals surface area contributed by atoms with Crippen molar-refractivity contribution in [3.63, 3.8) is 0 Å². The maximum Gasteiger partial charge on any atom is 0.213 e. The Balaban J connectivity index is 1.50. The zero-order valence-corrected chi connectivity index (χ0v) is 16.2. The normalized spacial score (nSPS) is 29.4. The minimum atomic E-state index is 0.382. The topological polar surface area (TPSA) is 21.4 Å². The van der Waals surface area contributed by atoms with Gasteiger partial charge in [0.05, 0.1) is 11.8 Å². The van der Waals surface area contributed by atoms with Crippen molar-refractivity contribution >= 4 is 0 Å². The number of hydrogen-bond donors (Lipinski definition) is 0. The van der Waals surface area contributed by atoms with E-state index in [0.717, 1.165) is 31.6 Å². The summed E-state index contributed by atoms with van der Waals surface area (Å²) < 4.78 is 7.47. The molecule has 0 spiro atoms. The molecule has 1 fully saturated rings. The molecule has 0 saturated heterocycles. The zero-order chi connectivity index (χ0) is 16.8. The Kier molecular flexibility index (Phi) is 4.39. The van der Waals surface area contributed by atoms with Gasteiger partial charge in [0.1, 0.15) is 6.54 Å². The quantitative estimate of drug-likeness (QED) is 0.692. The monoisotopic (exact) mass is 321 g/mol. The summed E-state index contributed by atoms with van der Waals surface area (Å²) in [4.78, 5) is 0. The zero-order valence-electron chi connectivity index (χ0n) is 16.2. The maximum atomic E-state index is 4.79. The summed E-state index contributed by atoms with van der Waals surface area (Å²) in [5, 5.41) is 4.79. The van der Waals surface area contributed by atoms with Crippen molar-refractivity contribution in [2.45, 2.75) is 59.9 Å². The highest BCUT2D eigenvalue weighted by Gasteiger charge is 2.51. The van der Waals surface area contributed by atoms with Crippen LogP contribution in [-0.4, -0.2) is 59.9 Å². The average Bonchev–Trinajstić information content (AvgIpc) is 3.01. The Labute approximate surface area is 142 Å². The van der Waals surface area contributed by atoms with E-state index >= 15 is 0 Å². The van der Waals surface area contributed by atoms with Crippen LogP contribution in [0.2, 0.25) is 0 Å². The molecule has 3 rings (SSSR count). The Morgan fingerprint density at radius 2 is 1.65 bits per heavy atom. The molecule has 0 aromatic carbocycles.